The predicted molar refractivity (Wildman–Crippen MR) is 89.6 cm³/mol. The van der Waals surface area contributed by atoms with Crippen LogP contribution in [-0.4, -0.2) is 19.7 Å². The molecule has 0 amide bonds. The van der Waals surface area contributed by atoms with Crippen molar-refractivity contribution in [2.24, 2.45) is 0 Å². The molecule has 0 aliphatic carbocycles. The minimum Gasteiger partial charge on any atom is -0.424 e. The van der Waals surface area contributed by atoms with Crippen LogP contribution in [0.3, 0.4) is 0 Å². The van der Waals surface area contributed by atoms with Gasteiger partial charge in [0.15, 0.2) is 5.16 Å². The Morgan fingerprint density at radius 1 is 1.22 bits per heavy atom. The zero-order chi connectivity index (χ0) is 16.4. The topological polar surface area (TPSA) is 73.8 Å². The second-order valence-electron chi connectivity index (χ2n) is 5.41. The molecule has 0 unspecified atom stereocenters. The van der Waals surface area contributed by atoms with Gasteiger partial charge in [-0.05, 0) is 26.0 Å². The van der Waals surface area contributed by atoms with Gasteiger partial charge >= 0.3 is 0 Å². The summed E-state index contributed by atoms with van der Waals surface area (Å²) < 4.78 is 7.23. The molecule has 2 heterocycles. The lowest BCUT2D eigenvalue weighted by Gasteiger charge is -2.15. The second kappa shape index (κ2) is 6.54. The summed E-state index contributed by atoms with van der Waals surface area (Å²) in [7, 11) is 0. The minimum absolute atomic E-state index is 0.0205. The summed E-state index contributed by atoms with van der Waals surface area (Å²) >= 11 is 1.44. The number of hydrogen-bond donors (Lipinski definition) is 0. The molecule has 7 heteroatoms. The first-order chi connectivity index (χ1) is 11.1. The van der Waals surface area contributed by atoms with E-state index in [9.17, 15) is 4.79 Å². The smallest absolute Gasteiger partial charge is 0.262 e. The lowest BCUT2D eigenvalue weighted by atomic mass is 10.2. The maximum absolute atomic E-state index is 12.7. The van der Waals surface area contributed by atoms with Crippen molar-refractivity contribution in [1.82, 2.24) is 19.7 Å². The maximum Gasteiger partial charge on any atom is 0.262 e. The molecule has 3 aromatic rings. The SMILES string of the molecule is CCc1nnc(CSc2nc3ccccc3c(=O)n2C(C)C)o1. The van der Waals surface area contributed by atoms with Gasteiger partial charge in [0.25, 0.3) is 5.56 Å². The van der Waals surface area contributed by atoms with E-state index in [4.69, 9.17) is 4.42 Å². The van der Waals surface area contributed by atoms with Crippen molar-refractivity contribution >= 4 is 22.7 Å². The molecular weight excluding hydrogens is 312 g/mol. The Balaban J connectivity index is 1.98. The molecule has 0 N–H and O–H groups in total. The van der Waals surface area contributed by atoms with E-state index in [1.807, 2.05) is 45.0 Å². The lowest BCUT2D eigenvalue weighted by Crippen LogP contribution is -2.25. The molecule has 0 saturated carbocycles. The molecule has 1 aromatic carbocycles. The molecule has 0 radical (unpaired) electrons. The molecule has 0 aliphatic heterocycles. The van der Waals surface area contributed by atoms with Crippen molar-refractivity contribution in [2.75, 3.05) is 0 Å². The van der Waals surface area contributed by atoms with Gasteiger partial charge < -0.3 is 4.42 Å². The van der Waals surface area contributed by atoms with Crippen LogP contribution >= 0.6 is 11.8 Å². The predicted octanol–water partition coefficient (Wildman–Crippen LogP) is 3.22. The maximum atomic E-state index is 12.7. The van der Waals surface area contributed by atoms with Gasteiger partial charge in [0.2, 0.25) is 11.8 Å². The molecule has 0 fully saturated rings. The largest absolute Gasteiger partial charge is 0.424 e. The van der Waals surface area contributed by atoms with Crippen molar-refractivity contribution in [1.29, 1.82) is 0 Å². The third-order valence-electron chi connectivity index (χ3n) is 3.43. The van der Waals surface area contributed by atoms with Crippen LogP contribution in [0.4, 0.5) is 0 Å². The Hall–Kier alpha value is -2.15. The quantitative estimate of drug-likeness (QED) is 0.528. The molecule has 23 heavy (non-hydrogen) atoms. The van der Waals surface area contributed by atoms with Crippen LogP contribution in [0.2, 0.25) is 0 Å². The van der Waals surface area contributed by atoms with Gasteiger partial charge in [0.1, 0.15) is 0 Å². The van der Waals surface area contributed by atoms with Crippen LogP contribution < -0.4 is 5.56 Å². The van der Waals surface area contributed by atoms with Crippen molar-refractivity contribution < 1.29 is 4.42 Å². The number of rotatable bonds is 5. The molecule has 2 aromatic heterocycles. The first-order valence-electron chi connectivity index (χ1n) is 7.55. The van der Waals surface area contributed by atoms with Gasteiger partial charge in [-0.2, -0.15) is 0 Å². The summed E-state index contributed by atoms with van der Waals surface area (Å²) in [5, 5.41) is 9.26. The van der Waals surface area contributed by atoms with Crippen molar-refractivity contribution in [3.8, 4) is 0 Å². The summed E-state index contributed by atoms with van der Waals surface area (Å²) in [5.74, 6) is 1.66. The lowest BCUT2D eigenvalue weighted by molar-refractivity contribution is 0.469. The first-order valence-corrected chi connectivity index (χ1v) is 8.54. The monoisotopic (exact) mass is 330 g/mol. The zero-order valence-corrected chi connectivity index (χ0v) is 14.1. The van der Waals surface area contributed by atoms with E-state index in [1.54, 1.807) is 4.57 Å². The summed E-state index contributed by atoms with van der Waals surface area (Å²) in [6, 6.07) is 7.43. The first kappa shape index (κ1) is 15.7. The average Bonchev–Trinajstić information content (AvgIpc) is 3.00. The number of aryl methyl sites for hydroxylation is 1. The van der Waals surface area contributed by atoms with E-state index in [-0.39, 0.29) is 11.6 Å². The fourth-order valence-electron chi connectivity index (χ4n) is 2.30. The van der Waals surface area contributed by atoms with Gasteiger partial charge in [0, 0.05) is 12.5 Å². The number of fused-ring (bicyclic) bond motifs is 1. The van der Waals surface area contributed by atoms with E-state index >= 15 is 0 Å². The fraction of sp³-hybridized carbons (Fsp3) is 0.375. The van der Waals surface area contributed by atoms with E-state index in [0.29, 0.717) is 40.0 Å². The zero-order valence-electron chi connectivity index (χ0n) is 13.3. The minimum atomic E-state index is -0.0205. The Morgan fingerprint density at radius 3 is 2.65 bits per heavy atom. The standard InChI is InChI=1S/C16H18N4O2S/c1-4-13-18-19-14(22-13)9-23-16-17-12-8-6-5-7-11(12)15(21)20(16)10(2)3/h5-8,10H,4,9H2,1-3H3. The van der Waals surface area contributed by atoms with Gasteiger partial charge in [-0.15, -0.1) is 10.2 Å². The van der Waals surface area contributed by atoms with Gasteiger partial charge in [-0.1, -0.05) is 30.8 Å². The van der Waals surface area contributed by atoms with Crippen LogP contribution in [0.1, 0.15) is 38.6 Å². The van der Waals surface area contributed by atoms with E-state index < -0.39 is 0 Å². The van der Waals surface area contributed by atoms with Crippen molar-refractivity contribution in [2.45, 2.75) is 44.1 Å². The Bertz CT molecular complexity index is 885. The number of nitrogens with zero attached hydrogens (tertiary/aromatic N) is 4. The van der Waals surface area contributed by atoms with Gasteiger partial charge in [-0.25, -0.2) is 4.98 Å². The highest BCUT2D eigenvalue weighted by atomic mass is 32.2. The molecule has 6 nitrogen and oxygen atoms in total. The molecule has 120 valence electrons. The summed E-state index contributed by atoms with van der Waals surface area (Å²) in [6.45, 7) is 5.92. The number of benzene rings is 1. The molecule has 0 aliphatic rings. The molecule has 0 bridgehead atoms. The normalized spacial score (nSPS) is 11.5. The van der Waals surface area contributed by atoms with Crippen LogP contribution in [0.15, 0.2) is 38.6 Å². The highest BCUT2D eigenvalue weighted by molar-refractivity contribution is 7.98. The Labute approximate surface area is 137 Å². The van der Waals surface area contributed by atoms with E-state index in [2.05, 4.69) is 15.2 Å². The summed E-state index contributed by atoms with van der Waals surface area (Å²) in [4.78, 5) is 17.3. The molecule has 0 saturated heterocycles. The molecular formula is C16H18N4O2S. The summed E-state index contributed by atoms with van der Waals surface area (Å²) in [5.41, 5.74) is 0.685. The van der Waals surface area contributed by atoms with Gasteiger partial charge in [0.05, 0.1) is 16.7 Å². The van der Waals surface area contributed by atoms with Crippen LogP contribution in [0, 0.1) is 0 Å². The number of thioether (sulfide) groups is 1. The van der Waals surface area contributed by atoms with E-state index in [0.717, 1.165) is 0 Å². The second-order valence-corrected chi connectivity index (χ2v) is 6.35. The summed E-state index contributed by atoms with van der Waals surface area (Å²) in [6.07, 6.45) is 0.711. The molecule has 0 atom stereocenters. The van der Waals surface area contributed by atoms with Crippen LogP contribution in [0.25, 0.3) is 10.9 Å². The molecule has 3 rings (SSSR count). The van der Waals surface area contributed by atoms with Crippen molar-refractivity contribution in [3.63, 3.8) is 0 Å². The third kappa shape index (κ3) is 3.14. The Morgan fingerprint density at radius 2 is 1.96 bits per heavy atom. The van der Waals surface area contributed by atoms with E-state index in [1.165, 1.54) is 11.8 Å². The molecule has 0 spiro atoms. The highest BCUT2D eigenvalue weighted by Crippen LogP contribution is 2.23. The fourth-order valence-corrected chi connectivity index (χ4v) is 3.26. The Kier molecular flexibility index (Phi) is 4.47. The number of hydrogen-bond acceptors (Lipinski definition) is 6. The number of para-hydroxylation sites is 1. The number of aromatic nitrogens is 4. The third-order valence-corrected chi connectivity index (χ3v) is 4.37. The van der Waals surface area contributed by atoms with Crippen LogP contribution in [0.5, 0.6) is 0 Å². The van der Waals surface area contributed by atoms with Gasteiger partial charge in [-0.3, -0.25) is 9.36 Å². The van der Waals surface area contributed by atoms with Crippen LogP contribution in [-0.2, 0) is 12.2 Å². The highest BCUT2D eigenvalue weighted by Gasteiger charge is 2.15. The average molecular weight is 330 g/mol. The van der Waals surface area contributed by atoms with Crippen molar-refractivity contribution in [3.05, 3.63) is 46.4 Å².